The number of nitrogens with zero attached hydrogens (tertiary/aromatic N) is 5. The number of aromatic nitrogens is 6. The first kappa shape index (κ1) is 34.7. The Kier molecular flexibility index (Phi) is 12.1. The Balaban J connectivity index is 0.000000226. The zero-order valence-electron chi connectivity index (χ0n) is 24.3. The minimum absolute atomic E-state index is 0.0975. The van der Waals surface area contributed by atoms with Crippen LogP contribution in [-0.4, -0.2) is 58.0 Å². The van der Waals surface area contributed by atoms with Crippen LogP contribution in [0, 0.1) is 7.14 Å². The van der Waals surface area contributed by atoms with E-state index in [1.807, 2.05) is 21.5 Å². The minimum Gasteiger partial charge on any atom is -0.361 e. The summed E-state index contributed by atoms with van der Waals surface area (Å²) < 4.78 is 18.1. The predicted octanol–water partition coefficient (Wildman–Crippen LogP) is 6.60. The molecular formula is C25H36Cl2I2N6O4Si2. The summed E-state index contributed by atoms with van der Waals surface area (Å²) >= 11 is 16.1. The quantitative estimate of drug-likeness (QED) is 0.0834. The number of ether oxygens (including phenoxy) is 2. The van der Waals surface area contributed by atoms with Crippen LogP contribution in [0.5, 0.6) is 0 Å². The molecule has 0 amide bonds. The smallest absolute Gasteiger partial charge is 0.264 e. The molecule has 4 aromatic heterocycles. The lowest BCUT2D eigenvalue weighted by atomic mass is 10.4. The lowest BCUT2D eigenvalue weighted by molar-refractivity contribution is 0.0897. The fraction of sp³-hybridized carbons (Fsp3) is 0.520. The van der Waals surface area contributed by atoms with Gasteiger partial charge in [-0.3, -0.25) is 19.1 Å². The fourth-order valence-corrected chi connectivity index (χ4v) is 7.11. The Bertz CT molecular complexity index is 1640. The molecule has 4 heterocycles. The Labute approximate surface area is 278 Å². The van der Waals surface area contributed by atoms with Crippen LogP contribution >= 0.6 is 68.4 Å². The molecule has 0 saturated carbocycles. The van der Waals surface area contributed by atoms with Gasteiger partial charge in [0.05, 0.1) is 10.8 Å². The largest absolute Gasteiger partial charge is 0.361 e. The molecule has 226 valence electrons. The van der Waals surface area contributed by atoms with E-state index < -0.39 is 16.1 Å². The highest BCUT2D eigenvalue weighted by Crippen LogP contribution is 2.21. The molecule has 0 saturated heterocycles. The van der Waals surface area contributed by atoms with E-state index >= 15 is 0 Å². The zero-order valence-corrected chi connectivity index (χ0v) is 32.1. The molecule has 0 atom stereocenters. The highest BCUT2D eigenvalue weighted by atomic mass is 127. The average molecular weight is 865 g/mol. The number of halogens is 4. The molecule has 4 rings (SSSR count). The van der Waals surface area contributed by atoms with Gasteiger partial charge in [0.2, 0.25) is 10.6 Å². The number of rotatable bonds is 10. The second-order valence-electron chi connectivity index (χ2n) is 12.1. The van der Waals surface area contributed by atoms with Gasteiger partial charge in [-0.1, -0.05) is 39.3 Å². The van der Waals surface area contributed by atoms with Gasteiger partial charge in [0.1, 0.15) is 13.5 Å². The summed E-state index contributed by atoms with van der Waals surface area (Å²) in [5.74, 6) is 0. The number of fused-ring (bicyclic) bond motifs is 2. The summed E-state index contributed by atoms with van der Waals surface area (Å²) in [4.78, 5) is 35.1. The summed E-state index contributed by atoms with van der Waals surface area (Å²) in [6.45, 7) is 16.1. The minimum atomic E-state index is -1.10. The third kappa shape index (κ3) is 9.61. The molecule has 4 aromatic rings. The van der Waals surface area contributed by atoms with Crippen LogP contribution in [0.25, 0.3) is 22.1 Å². The number of hydrogen-bond donors (Lipinski definition) is 1. The molecule has 0 aliphatic carbocycles. The Hall–Kier alpha value is -0.766. The van der Waals surface area contributed by atoms with Crippen molar-refractivity contribution in [3.63, 3.8) is 0 Å². The summed E-state index contributed by atoms with van der Waals surface area (Å²) in [6.07, 6.45) is 3.74. The van der Waals surface area contributed by atoms with Gasteiger partial charge in [-0.2, -0.15) is 0 Å². The zero-order chi connectivity index (χ0) is 30.7. The maximum Gasteiger partial charge on any atom is 0.264 e. The third-order valence-corrected chi connectivity index (χ3v) is 11.7. The Morgan fingerprint density at radius 1 is 0.829 bits per heavy atom. The standard InChI is InChI=1S/C13H19ClIN3O2Si.C12H17ClIN3O2Si/c1-17-12(19)10-9(15)7-18(11(10)16-13(17)14)8-20-5-6-21(2,3)4;1-20(2,3)5-4-19-7-17-6-8(14)9-10(17)15-12(13)16-11(9)18/h7H,5-6,8H2,1-4H3;6H,4-5,7H2,1-3H3,(H,15,16,18). The molecule has 0 fully saturated rings. The number of hydrogen-bond acceptors (Lipinski definition) is 6. The molecule has 41 heavy (non-hydrogen) atoms. The second-order valence-corrected chi connectivity index (χ2v) is 26.4. The third-order valence-electron chi connectivity index (χ3n) is 6.10. The SMILES string of the molecule is C[Si](C)(C)CCOCn1cc(I)c2c(=O)[nH]c(Cl)nc21.Cn1c(Cl)nc2c(c(I)cn2COCC[Si](C)(C)C)c1=O. The molecule has 0 aromatic carbocycles. The summed E-state index contributed by atoms with van der Waals surface area (Å²) in [7, 11) is -0.564. The van der Waals surface area contributed by atoms with Gasteiger partial charge in [0.25, 0.3) is 11.1 Å². The average Bonchev–Trinajstić information content (AvgIpc) is 3.33. The molecule has 16 heteroatoms. The van der Waals surface area contributed by atoms with Gasteiger partial charge >= 0.3 is 0 Å². The normalized spacial score (nSPS) is 12.3. The predicted molar refractivity (Wildman–Crippen MR) is 189 cm³/mol. The van der Waals surface area contributed by atoms with Crippen LogP contribution in [0.2, 0.25) is 61.9 Å². The molecule has 1 N–H and O–H groups in total. The number of nitrogens with one attached hydrogen (secondary N) is 1. The Morgan fingerprint density at radius 3 is 1.78 bits per heavy atom. The molecule has 0 radical (unpaired) electrons. The fourth-order valence-electron chi connectivity index (χ4n) is 3.64. The molecule has 0 aliphatic rings. The van der Waals surface area contributed by atoms with Crippen molar-refractivity contribution in [2.24, 2.45) is 7.05 Å². The van der Waals surface area contributed by atoms with Crippen molar-refractivity contribution < 1.29 is 9.47 Å². The van der Waals surface area contributed by atoms with Crippen LogP contribution < -0.4 is 11.1 Å². The molecular weight excluding hydrogens is 829 g/mol. The van der Waals surface area contributed by atoms with Crippen LogP contribution in [0.4, 0.5) is 0 Å². The van der Waals surface area contributed by atoms with Crippen molar-refractivity contribution in [3.05, 3.63) is 50.8 Å². The van der Waals surface area contributed by atoms with Gasteiger partial charge in [0, 0.05) is 55.9 Å². The molecule has 0 aliphatic heterocycles. The Morgan fingerprint density at radius 2 is 1.29 bits per heavy atom. The summed E-state index contributed by atoms with van der Waals surface area (Å²) in [6, 6.07) is 2.22. The lowest BCUT2D eigenvalue weighted by Gasteiger charge is -2.15. The molecule has 0 unspecified atom stereocenters. The summed E-state index contributed by atoms with van der Waals surface area (Å²) in [5, 5.41) is 1.44. The van der Waals surface area contributed by atoms with Crippen molar-refractivity contribution in [2.75, 3.05) is 13.2 Å². The number of H-pyrrole nitrogens is 1. The van der Waals surface area contributed by atoms with Crippen LogP contribution in [0.15, 0.2) is 22.0 Å². The first-order valence-corrected chi connectivity index (χ1v) is 23.3. The molecule has 0 bridgehead atoms. The van der Waals surface area contributed by atoms with Crippen molar-refractivity contribution in [3.8, 4) is 0 Å². The van der Waals surface area contributed by atoms with Gasteiger partial charge < -0.3 is 18.6 Å². The maximum atomic E-state index is 12.2. The van der Waals surface area contributed by atoms with Crippen molar-refractivity contribution >= 4 is 107 Å². The topological polar surface area (TPSA) is 109 Å². The maximum absolute atomic E-state index is 12.2. The van der Waals surface area contributed by atoms with Gasteiger partial charge in [-0.05, 0) is 80.5 Å². The van der Waals surface area contributed by atoms with E-state index in [1.165, 1.54) is 4.57 Å². The first-order valence-electron chi connectivity index (χ1n) is 13.0. The molecule has 10 nitrogen and oxygen atoms in total. The summed E-state index contributed by atoms with van der Waals surface area (Å²) in [5.41, 5.74) is 0.803. The second kappa shape index (κ2) is 14.3. The highest BCUT2D eigenvalue weighted by Gasteiger charge is 2.17. The van der Waals surface area contributed by atoms with Crippen LogP contribution in [-0.2, 0) is 30.0 Å². The highest BCUT2D eigenvalue weighted by molar-refractivity contribution is 14.1. The van der Waals surface area contributed by atoms with E-state index in [2.05, 4.69) is 99.4 Å². The van der Waals surface area contributed by atoms with Gasteiger partial charge in [-0.15, -0.1) is 0 Å². The molecule has 0 spiro atoms. The van der Waals surface area contributed by atoms with E-state index in [-0.39, 0.29) is 21.7 Å². The van der Waals surface area contributed by atoms with E-state index in [9.17, 15) is 9.59 Å². The van der Waals surface area contributed by atoms with E-state index in [0.717, 1.165) is 32.4 Å². The van der Waals surface area contributed by atoms with Crippen LogP contribution in [0.3, 0.4) is 0 Å². The first-order chi connectivity index (χ1) is 19.0. The monoisotopic (exact) mass is 864 g/mol. The van der Waals surface area contributed by atoms with E-state index in [0.29, 0.717) is 35.5 Å². The van der Waals surface area contributed by atoms with Crippen molar-refractivity contribution in [2.45, 2.75) is 64.8 Å². The van der Waals surface area contributed by atoms with Crippen LogP contribution in [0.1, 0.15) is 0 Å². The van der Waals surface area contributed by atoms with E-state index in [1.54, 1.807) is 7.05 Å². The van der Waals surface area contributed by atoms with Crippen molar-refractivity contribution in [1.82, 2.24) is 28.7 Å². The van der Waals surface area contributed by atoms with Gasteiger partial charge in [0.15, 0.2) is 11.3 Å². The lowest BCUT2D eigenvalue weighted by Crippen LogP contribution is -2.22. The van der Waals surface area contributed by atoms with Crippen molar-refractivity contribution in [1.29, 1.82) is 0 Å². The van der Waals surface area contributed by atoms with Gasteiger partial charge in [-0.25, -0.2) is 9.97 Å². The van der Waals surface area contributed by atoms with E-state index in [4.69, 9.17) is 32.7 Å². The number of aromatic amines is 1.